The molecule has 0 aliphatic rings. The summed E-state index contributed by atoms with van der Waals surface area (Å²) in [6.45, 7) is 0. The van der Waals surface area contributed by atoms with E-state index in [4.69, 9.17) is 0 Å². The van der Waals surface area contributed by atoms with Crippen molar-refractivity contribution in [3.63, 3.8) is 0 Å². The molecule has 8 nitrogen and oxygen atoms in total. The smallest absolute Gasteiger partial charge is 0.292 e. The Kier molecular flexibility index (Phi) is 6.43. The van der Waals surface area contributed by atoms with Crippen molar-refractivity contribution in [2.75, 3.05) is 16.4 Å². The standard InChI is InChI=1S/C22H16N4O4S2/c27-20(24-16-8-4-5-9-18(16)26(29)30)13-31-22-25-17-11-10-15(12-19(17)32-22)23-21(28)14-6-2-1-3-7-14/h1-12H,13H2,(H,23,28)(H,24,27). The summed E-state index contributed by atoms with van der Waals surface area (Å²) in [4.78, 5) is 39.6. The lowest BCUT2D eigenvalue weighted by molar-refractivity contribution is -0.383. The van der Waals surface area contributed by atoms with Crippen LogP contribution in [0.25, 0.3) is 10.2 Å². The number of nitro benzene ring substituents is 1. The third kappa shape index (κ3) is 5.10. The SMILES string of the molecule is O=C(CSc1nc2ccc(NC(=O)c3ccccc3)cc2s1)Nc1ccccc1[N+](=O)[O-]. The maximum absolute atomic E-state index is 12.3. The molecule has 3 aromatic carbocycles. The number of amides is 2. The molecule has 0 saturated heterocycles. The van der Waals surface area contributed by atoms with Crippen LogP contribution < -0.4 is 10.6 Å². The van der Waals surface area contributed by atoms with Crippen LogP contribution in [-0.2, 0) is 4.79 Å². The number of thiazole rings is 1. The van der Waals surface area contributed by atoms with E-state index in [9.17, 15) is 19.7 Å². The van der Waals surface area contributed by atoms with Crippen LogP contribution in [0, 0.1) is 10.1 Å². The Morgan fingerprint density at radius 3 is 2.53 bits per heavy atom. The number of carbonyl (C=O) groups excluding carboxylic acids is 2. The molecule has 0 aliphatic heterocycles. The zero-order chi connectivity index (χ0) is 22.5. The Hall–Kier alpha value is -3.76. The predicted molar refractivity (Wildman–Crippen MR) is 126 cm³/mol. The minimum absolute atomic E-state index is 0.0590. The molecule has 0 saturated carbocycles. The summed E-state index contributed by atoms with van der Waals surface area (Å²) in [6.07, 6.45) is 0. The monoisotopic (exact) mass is 464 g/mol. The third-order valence-electron chi connectivity index (χ3n) is 4.36. The van der Waals surface area contributed by atoms with Crippen LogP contribution in [0.5, 0.6) is 0 Å². The molecule has 0 atom stereocenters. The number of anilines is 2. The second-order valence-electron chi connectivity index (χ2n) is 6.59. The van der Waals surface area contributed by atoms with Crippen molar-refractivity contribution in [3.8, 4) is 0 Å². The van der Waals surface area contributed by atoms with Crippen LogP contribution in [0.1, 0.15) is 10.4 Å². The number of hydrogen-bond donors (Lipinski definition) is 2. The molecule has 4 rings (SSSR count). The summed E-state index contributed by atoms with van der Waals surface area (Å²) < 4.78 is 1.56. The Balaban J connectivity index is 1.39. The van der Waals surface area contributed by atoms with Gasteiger partial charge in [-0.05, 0) is 36.4 Å². The van der Waals surface area contributed by atoms with Crippen LogP contribution >= 0.6 is 23.1 Å². The van der Waals surface area contributed by atoms with Crippen LogP contribution in [0.4, 0.5) is 17.1 Å². The number of thioether (sulfide) groups is 1. The number of carbonyl (C=O) groups is 2. The first-order valence-corrected chi connectivity index (χ1v) is 11.2. The average Bonchev–Trinajstić information content (AvgIpc) is 3.21. The van der Waals surface area contributed by atoms with Crippen molar-refractivity contribution >= 4 is 62.2 Å². The highest BCUT2D eigenvalue weighted by molar-refractivity contribution is 8.01. The Morgan fingerprint density at radius 1 is 1.00 bits per heavy atom. The number of nitro groups is 1. The van der Waals surface area contributed by atoms with Gasteiger partial charge in [0.2, 0.25) is 5.91 Å². The predicted octanol–water partition coefficient (Wildman–Crippen LogP) is 5.19. The molecule has 0 aliphatic carbocycles. The first-order chi connectivity index (χ1) is 15.5. The highest BCUT2D eigenvalue weighted by atomic mass is 32.2. The highest BCUT2D eigenvalue weighted by Crippen LogP contribution is 2.32. The number of aromatic nitrogens is 1. The molecule has 2 amide bonds. The van der Waals surface area contributed by atoms with Crippen molar-refractivity contribution in [3.05, 3.63) is 88.5 Å². The lowest BCUT2D eigenvalue weighted by Crippen LogP contribution is -2.15. The number of nitrogens with zero attached hydrogens (tertiary/aromatic N) is 2. The molecule has 32 heavy (non-hydrogen) atoms. The molecule has 160 valence electrons. The summed E-state index contributed by atoms with van der Waals surface area (Å²) in [5.74, 6) is -0.501. The zero-order valence-electron chi connectivity index (χ0n) is 16.5. The van der Waals surface area contributed by atoms with E-state index in [0.29, 0.717) is 15.6 Å². The minimum Gasteiger partial charge on any atom is -0.322 e. The van der Waals surface area contributed by atoms with Gasteiger partial charge in [-0.1, -0.05) is 42.1 Å². The van der Waals surface area contributed by atoms with Crippen molar-refractivity contribution in [2.24, 2.45) is 0 Å². The van der Waals surface area contributed by atoms with E-state index in [-0.39, 0.29) is 28.9 Å². The molecule has 10 heteroatoms. The second-order valence-corrected chi connectivity index (χ2v) is 8.85. The summed E-state index contributed by atoms with van der Waals surface area (Å²) >= 11 is 2.65. The molecule has 0 fully saturated rings. The zero-order valence-corrected chi connectivity index (χ0v) is 18.1. The van der Waals surface area contributed by atoms with Gasteiger partial charge < -0.3 is 10.6 Å². The Morgan fingerprint density at radius 2 is 1.75 bits per heavy atom. The number of fused-ring (bicyclic) bond motifs is 1. The van der Waals surface area contributed by atoms with Gasteiger partial charge in [-0.2, -0.15) is 0 Å². The molecule has 4 aromatic rings. The third-order valence-corrected chi connectivity index (χ3v) is 6.53. The molecule has 0 bridgehead atoms. The van der Waals surface area contributed by atoms with Gasteiger partial charge in [-0.25, -0.2) is 4.98 Å². The molecule has 1 heterocycles. The first-order valence-electron chi connectivity index (χ1n) is 9.42. The van der Waals surface area contributed by atoms with Gasteiger partial charge in [0.25, 0.3) is 11.6 Å². The van der Waals surface area contributed by atoms with Crippen molar-refractivity contribution in [2.45, 2.75) is 4.34 Å². The number of rotatable bonds is 7. The summed E-state index contributed by atoms with van der Waals surface area (Å²) in [7, 11) is 0. The molecular weight excluding hydrogens is 448 g/mol. The van der Waals surface area contributed by atoms with Crippen LogP contribution in [-0.4, -0.2) is 27.5 Å². The highest BCUT2D eigenvalue weighted by Gasteiger charge is 2.15. The first kappa shape index (κ1) is 21.5. The minimum atomic E-state index is -0.537. The molecule has 0 radical (unpaired) electrons. The average molecular weight is 465 g/mol. The Labute approximate surface area is 190 Å². The fourth-order valence-electron chi connectivity index (χ4n) is 2.89. The van der Waals surface area contributed by atoms with E-state index < -0.39 is 4.92 Å². The maximum Gasteiger partial charge on any atom is 0.292 e. The van der Waals surface area contributed by atoms with E-state index in [2.05, 4.69) is 15.6 Å². The van der Waals surface area contributed by atoms with E-state index in [1.165, 1.54) is 35.2 Å². The van der Waals surface area contributed by atoms with E-state index in [1.54, 1.807) is 42.5 Å². The quantitative estimate of drug-likeness (QED) is 0.221. The van der Waals surface area contributed by atoms with Crippen molar-refractivity contribution < 1.29 is 14.5 Å². The normalized spacial score (nSPS) is 10.6. The van der Waals surface area contributed by atoms with E-state index in [1.807, 2.05) is 18.2 Å². The number of nitrogens with one attached hydrogen (secondary N) is 2. The van der Waals surface area contributed by atoms with Crippen molar-refractivity contribution in [1.29, 1.82) is 0 Å². The fraction of sp³-hybridized carbons (Fsp3) is 0.0455. The van der Waals surface area contributed by atoms with Gasteiger partial charge in [0.05, 0.1) is 20.9 Å². The topological polar surface area (TPSA) is 114 Å². The van der Waals surface area contributed by atoms with Gasteiger partial charge in [-0.3, -0.25) is 19.7 Å². The number of para-hydroxylation sites is 2. The van der Waals surface area contributed by atoms with Gasteiger partial charge in [0, 0.05) is 17.3 Å². The van der Waals surface area contributed by atoms with E-state index in [0.717, 1.165) is 10.2 Å². The molecule has 2 N–H and O–H groups in total. The van der Waals surface area contributed by atoms with Gasteiger partial charge in [-0.15, -0.1) is 11.3 Å². The van der Waals surface area contributed by atoms with Crippen LogP contribution in [0.15, 0.2) is 77.1 Å². The molecular formula is C22H16N4O4S2. The Bertz CT molecular complexity index is 1310. The van der Waals surface area contributed by atoms with Crippen LogP contribution in [0.3, 0.4) is 0 Å². The maximum atomic E-state index is 12.3. The molecule has 0 unspecified atom stereocenters. The van der Waals surface area contributed by atoms with E-state index >= 15 is 0 Å². The molecule has 0 spiro atoms. The summed E-state index contributed by atoms with van der Waals surface area (Å²) in [6, 6.07) is 20.4. The number of hydrogen-bond acceptors (Lipinski definition) is 7. The number of benzene rings is 3. The summed E-state index contributed by atoms with van der Waals surface area (Å²) in [5, 5.41) is 16.5. The fourth-order valence-corrected chi connectivity index (χ4v) is 4.80. The lowest BCUT2D eigenvalue weighted by atomic mass is 10.2. The van der Waals surface area contributed by atoms with Crippen LogP contribution in [0.2, 0.25) is 0 Å². The van der Waals surface area contributed by atoms with Gasteiger partial charge in [0.1, 0.15) is 5.69 Å². The van der Waals surface area contributed by atoms with Gasteiger partial charge in [0.15, 0.2) is 4.34 Å². The van der Waals surface area contributed by atoms with Crippen molar-refractivity contribution in [1.82, 2.24) is 4.98 Å². The second kappa shape index (κ2) is 9.58. The lowest BCUT2D eigenvalue weighted by Gasteiger charge is -2.04. The largest absolute Gasteiger partial charge is 0.322 e. The summed E-state index contributed by atoms with van der Waals surface area (Å²) in [5.41, 5.74) is 1.98. The molecule has 1 aromatic heterocycles. The van der Waals surface area contributed by atoms with Gasteiger partial charge >= 0.3 is 0 Å².